The SMILES string of the molecule is C=CCc1ccc(OC(F)F)c(OC2CNC2)c1. The Morgan fingerprint density at radius 3 is 2.72 bits per heavy atom. The molecule has 1 heterocycles. The maximum absolute atomic E-state index is 12.3. The van der Waals surface area contributed by atoms with Crippen LogP contribution in [0.5, 0.6) is 11.5 Å². The van der Waals surface area contributed by atoms with Gasteiger partial charge < -0.3 is 14.8 Å². The quantitative estimate of drug-likeness (QED) is 0.792. The lowest BCUT2D eigenvalue weighted by Crippen LogP contribution is -2.50. The van der Waals surface area contributed by atoms with E-state index in [4.69, 9.17) is 4.74 Å². The zero-order valence-corrected chi connectivity index (χ0v) is 9.86. The number of hydrogen-bond acceptors (Lipinski definition) is 3. The average Bonchev–Trinajstić information content (AvgIpc) is 2.26. The van der Waals surface area contributed by atoms with Crippen LogP contribution in [-0.2, 0) is 6.42 Å². The van der Waals surface area contributed by atoms with Gasteiger partial charge in [0, 0.05) is 13.1 Å². The summed E-state index contributed by atoms with van der Waals surface area (Å²) >= 11 is 0. The highest BCUT2D eigenvalue weighted by Gasteiger charge is 2.21. The summed E-state index contributed by atoms with van der Waals surface area (Å²) in [7, 11) is 0. The van der Waals surface area contributed by atoms with Crippen molar-refractivity contribution in [1.82, 2.24) is 5.32 Å². The zero-order valence-electron chi connectivity index (χ0n) is 9.86. The highest BCUT2D eigenvalue weighted by atomic mass is 19.3. The number of benzene rings is 1. The van der Waals surface area contributed by atoms with E-state index >= 15 is 0 Å². The molecule has 0 radical (unpaired) electrons. The highest BCUT2D eigenvalue weighted by molar-refractivity contribution is 5.43. The Kier molecular flexibility index (Phi) is 4.15. The lowest BCUT2D eigenvalue weighted by Gasteiger charge is -2.28. The molecule has 3 nitrogen and oxygen atoms in total. The molecular weight excluding hydrogens is 240 g/mol. The highest BCUT2D eigenvalue weighted by Crippen LogP contribution is 2.31. The smallest absolute Gasteiger partial charge is 0.387 e. The van der Waals surface area contributed by atoms with Crippen LogP contribution in [0.15, 0.2) is 30.9 Å². The molecule has 5 heteroatoms. The molecule has 0 atom stereocenters. The molecule has 1 N–H and O–H groups in total. The molecule has 0 aromatic heterocycles. The van der Waals surface area contributed by atoms with Crippen LogP contribution >= 0.6 is 0 Å². The van der Waals surface area contributed by atoms with Gasteiger partial charge >= 0.3 is 6.61 Å². The van der Waals surface area contributed by atoms with Crippen molar-refractivity contribution in [2.24, 2.45) is 0 Å². The normalized spacial score (nSPS) is 15.3. The number of hydrogen-bond donors (Lipinski definition) is 1. The van der Waals surface area contributed by atoms with Crippen molar-refractivity contribution < 1.29 is 18.3 Å². The number of rotatable bonds is 6. The summed E-state index contributed by atoms with van der Waals surface area (Å²) in [5, 5.41) is 3.05. The Labute approximate surface area is 104 Å². The summed E-state index contributed by atoms with van der Waals surface area (Å²) in [6, 6.07) is 4.95. The maximum Gasteiger partial charge on any atom is 0.387 e. The second kappa shape index (κ2) is 5.82. The fraction of sp³-hybridized carbons (Fsp3) is 0.385. The van der Waals surface area contributed by atoms with E-state index in [1.54, 1.807) is 18.2 Å². The number of ether oxygens (including phenoxy) is 2. The van der Waals surface area contributed by atoms with Gasteiger partial charge in [0.1, 0.15) is 6.10 Å². The first-order chi connectivity index (χ1) is 8.69. The summed E-state index contributed by atoms with van der Waals surface area (Å²) in [6.07, 6.45) is 2.43. The van der Waals surface area contributed by atoms with Crippen LogP contribution in [0.4, 0.5) is 8.78 Å². The Balaban J connectivity index is 2.17. The van der Waals surface area contributed by atoms with Gasteiger partial charge in [0.05, 0.1) is 0 Å². The molecule has 18 heavy (non-hydrogen) atoms. The summed E-state index contributed by atoms with van der Waals surface area (Å²) < 4.78 is 34.6. The largest absolute Gasteiger partial charge is 0.484 e. The Bertz CT molecular complexity index is 419. The number of nitrogens with one attached hydrogen (secondary N) is 1. The van der Waals surface area contributed by atoms with Crippen LogP contribution in [0.2, 0.25) is 0 Å². The minimum Gasteiger partial charge on any atom is -0.484 e. The van der Waals surface area contributed by atoms with Crippen molar-refractivity contribution in [2.45, 2.75) is 19.1 Å². The topological polar surface area (TPSA) is 30.5 Å². The second-order valence-electron chi connectivity index (χ2n) is 4.05. The van der Waals surface area contributed by atoms with Gasteiger partial charge in [0.25, 0.3) is 0 Å². The Morgan fingerprint density at radius 1 is 1.39 bits per heavy atom. The monoisotopic (exact) mass is 255 g/mol. The summed E-state index contributed by atoms with van der Waals surface area (Å²) in [5.74, 6) is 0.436. The second-order valence-corrected chi connectivity index (χ2v) is 4.05. The molecule has 2 rings (SSSR count). The van der Waals surface area contributed by atoms with Crippen molar-refractivity contribution in [3.63, 3.8) is 0 Å². The zero-order chi connectivity index (χ0) is 13.0. The first-order valence-electron chi connectivity index (χ1n) is 5.75. The number of allylic oxidation sites excluding steroid dienone is 1. The predicted octanol–water partition coefficient (Wildman–Crippen LogP) is 2.37. The third-order valence-electron chi connectivity index (χ3n) is 2.64. The molecule has 1 aliphatic heterocycles. The molecule has 0 unspecified atom stereocenters. The first kappa shape index (κ1) is 12.8. The fourth-order valence-electron chi connectivity index (χ4n) is 1.66. The van der Waals surface area contributed by atoms with Crippen LogP contribution in [0.25, 0.3) is 0 Å². The molecule has 1 aromatic carbocycles. The maximum atomic E-state index is 12.3. The van der Waals surface area contributed by atoms with Crippen LogP contribution < -0.4 is 14.8 Å². The third-order valence-corrected chi connectivity index (χ3v) is 2.64. The average molecular weight is 255 g/mol. The third kappa shape index (κ3) is 3.20. The number of halogens is 2. The van der Waals surface area contributed by atoms with Crippen molar-refractivity contribution in [3.05, 3.63) is 36.4 Å². The van der Waals surface area contributed by atoms with Crippen LogP contribution in [0.1, 0.15) is 5.56 Å². The standard InChI is InChI=1S/C13H15F2NO2/c1-2-3-9-4-5-11(18-13(14)15)12(6-9)17-10-7-16-8-10/h2,4-6,10,13,16H,1,3,7-8H2. The molecule has 0 saturated carbocycles. The van der Waals surface area contributed by atoms with E-state index in [0.717, 1.165) is 18.7 Å². The molecule has 0 aliphatic carbocycles. The Hall–Kier alpha value is -1.62. The molecular formula is C13H15F2NO2. The molecule has 0 bridgehead atoms. The van der Waals surface area contributed by atoms with Gasteiger partial charge in [-0.15, -0.1) is 6.58 Å². The van der Waals surface area contributed by atoms with E-state index in [1.165, 1.54) is 6.07 Å². The van der Waals surface area contributed by atoms with E-state index in [2.05, 4.69) is 16.6 Å². The van der Waals surface area contributed by atoms with Gasteiger partial charge in [-0.3, -0.25) is 0 Å². The van der Waals surface area contributed by atoms with Gasteiger partial charge in [-0.25, -0.2) is 0 Å². The minimum atomic E-state index is -2.85. The summed E-state index contributed by atoms with van der Waals surface area (Å²) in [6.45, 7) is 2.24. The molecule has 1 fully saturated rings. The van der Waals surface area contributed by atoms with Crippen LogP contribution in [-0.4, -0.2) is 25.8 Å². The lowest BCUT2D eigenvalue weighted by molar-refractivity contribution is -0.0524. The fourth-order valence-corrected chi connectivity index (χ4v) is 1.66. The van der Waals surface area contributed by atoms with E-state index in [0.29, 0.717) is 12.2 Å². The van der Waals surface area contributed by atoms with E-state index in [-0.39, 0.29) is 11.9 Å². The molecule has 98 valence electrons. The molecule has 0 amide bonds. The molecule has 0 spiro atoms. The number of alkyl halides is 2. The van der Waals surface area contributed by atoms with Crippen LogP contribution in [0, 0.1) is 0 Å². The van der Waals surface area contributed by atoms with Crippen molar-refractivity contribution in [2.75, 3.05) is 13.1 Å². The van der Waals surface area contributed by atoms with Gasteiger partial charge in [0.2, 0.25) is 0 Å². The van der Waals surface area contributed by atoms with Gasteiger partial charge in [-0.1, -0.05) is 12.1 Å². The first-order valence-corrected chi connectivity index (χ1v) is 5.75. The molecule has 1 aromatic rings. The van der Waals surface area contributed by atoms with Crippen molar-refractivity contribution in [1.29, 1.82) is 0 Å². The van der Waals surface area contributed by atoms with Gasteiger partial charge in [0.15, 0.2) is 11.5 Å². The lowest BCUT2D eigenvalue weighted by atomic mass is 10.1. The van der Waals surface area contributed by atoms with Crippen molar-refractivity contribution in [3.8, 4) is 11.5 Å². The summed E-state index contributed by atoms with van der Waals surface area (Å²) in [4.78, 5) is 0. The Morgan fingerprint density at radius 2 is 2.17 bits per heavy atom. The molecule has 1 saturated heterocycles. The van der Waals surface area contributed by atoms with E-state index in [1.807, 2.05) is 0 Å². The van der Waals surface area contributed by atoms with Gasteiger partial charge in [-0.05, 0) is 24.1 Å². The molecule has 1 aliphatic rings. The van der Waals surface area contributed by atoms with E-state index in [9.17, 15) is 8.78 Å². The van der Waals surface area contributed by atoms with Crippen LogP contribution in [0.3, 0.4) is 0 Å². The predicted molar refractivity (Wildman–Crippen MR) is 64.3 cm³/mol. The van der Waals surface area contributed by atoms with E-state index < -0.39 is 6.61 Å². The van der Waals surface area contributed by atoms with Gasteiger partial charge in [-0.2, -0.15) is 8.78 Å². The minimum absolute atomic E-state index is 0.0176. The summed E-state index contributed by atoms with van der Waals surface area (Å²) in [5.41, 5.74) is 0.953. The van der Waals surface area contributed by atoms with Crippen molar-refractivity contribution >= 4 is 0 Å².